The van der Waals surface area contributed by atoms with E-state index >= 15 is 0 Å². The Morgan fingerprint density at radius 1 is 1.06 bits per heavy atom. The Labute approximate surface area is 200 Å². The standard InChI is InChI=1S/C24H25FN6O4/c1-15-22-29-20(23(34)28-13-16-2-4-18(25)5-3-16)21(33)24(35)31(22)11-10-30(15)14-19(32)27-12-17-6-8-26-9-7-17/h2-9,15,33H,10-14H2,1H3,(H,27,32)(H,28,34). The van der Waals surface area contributed by atoms with Crippen molar-refractivity contribution in [1.29, 1.82) is 0 Å². The molecule has 1 unspecified atom stereocenters. The molecule has 11 heteroatoms. The summed E-state index contributed by atoms with van der Waals surface area (Å²) in [6, 6.07) is 8.75. The highest BCUT2D eigenvalue weighted by Gasteiger charge is 2.31. The number of carbonyl (C=O) groups excluding carboxylic acids is 2. The zero-order valence-corrected chi connectivity index (χ0v) is 19.1. The highest BCUT2D eigenvalue weighted by atomic mass is 19.1. The van der Waals surface area contributed by atoms with Gasteiger partial charge in [0.15, 0.2) is 5.69 Å². The van der Waals surface area contributed by atoms with Crippen LogP contribution in [0.15, 0.2) is 53.6 Å². The number of nitrogens with zero attached hydrogens (tertiary/aromatic N) is 4. The normalized spacial score (nSPS) is 15.3. The van der Waals surface area contributed by atoms with Gasteiger partial charge in [0, 0.05) is 38.6 Å². The predicted octanol–water partition coefficient (Wildman–Crippen LogP) is 1.11. The van der Waals surface area contributed by atoms with Crippen molar-refractivity contribution in [2.75, 3.05) is 13.1 Å². The summed E-state index contributed by atoms with van der Waals surface area (Å²) in [6.07, 6.45) is 3.30. The Hall–Kier alpha value is -4.12. The number of aromatic nitrogens is 3. The highest BCUT2D eigenvalue weighted by Crippen LogP contribution is 2.24. The fourth-order valence-corrected chi connectivity index (χ4v) is 3.87. The minimum atomic E-state index is -0.735. The molecular formula is C24H25FN6O4. The van der Waals surface area contributed by atoms with Crippen LogP contribution in [0.25, 0.3) is 0 Å². The average molecular weight is 481 g/mol. The van der Waals surface area contributed by atoms with Crippen molar-refractivity contribution in [3.05, 3.63) is 87.6 Å². The molecule has 1 aliphatic rings. The molecule has 3 aromatic rings. The van der Waals surface area contributed by atoms with E-state index in [9.17, 15) is 23.9 Å². The molecule has 3 heterocycles. The Kier molecular flexibility index (Phi) is 7.16. The quantitative estimate of drug-likeness (QED) is 0.462. The van der Waals surface area contributed by atoms with Gasteiger partial charge in [-0.05, 0) is 42.3 Å². The Bertz CT molecular complexity index is 1280. The number of pyridine rings is 1. The Balaban J connectivity index is 1.45. The molecule has 0 bridgehead atoms. The molecular weight excluding hydrogens is 455 g/mol. The number of benzene rings is 1. The van der Waals surface area contributed by atoms with Crippen LogP contribution in [0.5, 0.6) is 5.75 Å². The molecule has 0 radical (unpaired) electrons. The molecule has 0 saturated carbocycles. The van der Waals surface area contributed by atoms with Gasteiger partial charge >= 0.3 is 0 Å². The maximum atomic E-state index is 13.1. The molecule has 2 aromatic heterocycles. The largest absolute Gasteiger partial charge is 0.501 e. The molecule has 35 heavy (non-hydrogen) atoms. The molecule has 1 atom stereocenters. The zero-order chi connectivity index (χ0) is 24.9. The number of amides is 2. The third kappa shape index (κ3) is 5.52. The van der Waals surface area contributed by atoms with E-state index in [1.54, 1.807) is 19.3 Å². The summed E-state index contributed by atoms with van der Waals surface area (Å²) in [4.78, 5) is 48.0. The van der Waals surface area contributed by atoms with Gasteiger partial charge in [-0.15, -0.1) is 0 Å². The van der Waals surface area contributed by atoms with Crippen molar-refractivity contribution < 1.29 is 19.1 Å². The highest BCUT2D eigenvalue weighted by molar-refractivity contribution is 5.94. The summed E-state index contributed by atoms with van der Waals surface area (Å²) in [6.45, 7) is 2.91. The molecule has 0 aliphatic carbocycles. The smallest absolute Gasteiger partial charge is 0.296 e. The van der Waals surface area contributed by atoms with Gasteiger partial charge in [-0.1, -0.05) is 12.1 Å². The third-order valence-corrected chi connectivity index (χ3v) is 5.87. The lowest BCUT2D eigenvalue weighted by atomic mass is 10.1. The van der Waals surface area contributed by atoms with E-state index in [4.69, 9.17) is 0 Å². The van der Waals surface area contributed by atoms with Crippen LogP contribution < -0.4 is 16.2 Å². The van der Waals surface area contributed by atoms with Crippen molar-refractivity contribution >= 4 is 11.8 Å². The number of carbonyl (C=O) groups is 2. The fourth-order valence-electron chi connectivity index (χ4n) is 3.87. The molecule has 0 saturated heterocycles. The summed E-state index contributed by atoms with van der Waals surface area (Å²) in [7, 11) is 0. The first kappa shape index (κ1) is 24.0. The van der Waals surface area contributed by atoms with Crippen LogP contribution in [0.3, 0.4) is 0 Å². The van der Waals surface area contributed by atoms with Gasteiger partial charge < -0.3 is 15.7 Å². The van der Waals surface area contributed by atoms with Crippen LogP contribution >= 0.6 is 0 Å². The molecule has 0 fully saturated rings. The Morgan fingerprint density at radius 2 is 1.71 bits per heavy atom. The van der Waals surface area contributed by atoms with Gasteiger partial charge in [0.25, 0.3) is 11.5 Å². The van der Waals surface area contributed by atoms with Crippen molar-refractivity contribution in [1.82, 2.24) is 30.1 Å². The molecule has 2 amide bonds. The van der Waals surface area contributed by atoms with Crippen LogP contribution in [-0.4, -0.2) is 49.4 Å². The first-order chi connectivity index (χ1) is 16.8. The van der Waals surface area contributed by atoms with Gasteiger partial charge in [0.2, 0.25) is 11.7 Å². The van der Waals surface area contributed by atoms with E-state index in [0.29, 0.717) is 18.7 Å². The number of aromatic hydroxyl groups is 1. The second-order valence-electron chi connectivity index (χ2n) is 8.21. The maximum Gasteiger partial charge on any atom is 0.296 e. The molecule has 1 aromatic carbocycles. The summed E-state index contributed by atoms with van der Waals surface area (Å²) < 4.78 is 14.4. The summed E-state index contributed by atoms with van der Waals surface area (Å²) >= 11 is 0. The van der Waals surface area contributed by atoms with Gasteiger partial charge in [-0.2, -0.15) is 0 Å². The van der Waals surface area contributed by atoms with Crippen molar-refractivity contribution in [3.63, 3.8) is 0 Å². The van der Waals surface area contributed by atoms with Crippen molar-refractivity contribution in [2.24, 2.45) is 0 Å². The second kappa shape index (κ2) is 10.4. The van der Waals surface area contributed by atoms with Crippen LogP contribution in [0.2, 0.25) is 0 Å². The van der Waals surface area contributed by atoms with Crippen LogP contribution in [0.1, 0.15) is 40.4 Å². The molecule has 4 rings (SSSR count). The van der Waals surface area contributed by atoms with Gasteiger partial charge in [-0.25, -0.2) is 9.37 Å². The lowest BCUT2D eigenvalue weighted by molar-refractivity contribution is -0.123. The van der Waals surface area contributed by atoms with Crippen molar-refractivity contribution in [2.45, 2.75) is 32.6 Å². The SMILES string of the molecule is CC1c2nc(C(=O)NCc3ccc(F)cc3)c(O)c(=O)n2CCN1CC(=O)NCc1ccncc1. The lowest BCUT2D eigenvalue weighted by Gasteiger charge is -2.34. The Morgan fingerprint density at radius 3 is 2.43 bits per heavy atom. The summed E-state index contributed by atoms with van der Waals surface area (Å²) in [5, 5.41) is 15.8. The topological polar surface area (TPSA) is 129 Å². The average Bonchev–Trinajstić information content (AvgIpc) is 2.86. The van der Waals surface area contributed by atoms with E-state index in [1.807, 2.05) is 17.0 Å². The first-order valence-electron chi connectivity index (χ1n) is 11.1. The van der Waals surface area contributed by atoms with E-state index in [2.05, 4.69) is 20.6 Å². The van der Waals surface area contributed by atoms with Crippen LogP contribution in [0, 0.1) is 5.82 Å². The van der Waals surface area contributed by atoms with Crippen LogP contribution in [0.4, 0.5) is 4.39 Å². The summed E-state index contributed by atoms with van der Waals surface area (Å²) in [5.74, 6) is -1.77. The molecule has 0 spiro atoms. The maximum absolute atomic E-state index is 13.1. The van der Waals surface area contributed by atoms with E-state index in [1.165, 1.54) is 28.8 Å². The number of rotatable bonds is 7. The minimum Gasteiger partial charge on any atom is -0.501 e. The monoisotopic (exact) mass is 480 g/mol. The molecule has 1 aliphatic heterocycles. The second-order valence-corrected chi connectivity index (χ2v) is 8.21. The number of fused-ring (bicyclic) bond motifs is 1. The van der Waals surface area contributed by atoms with Gasteiger partial charge in [0.1, 0.15) is 11.6 Å². The van der Waals surface area contributed by atoms with Crippen molar-refractivity contribution in [3.8, 4) is 5.75 Å². The van der Waals surface area contributed by atoms with Gasteiger partial charge in [-0.3, -0.25) is 28.8 Å². The van der Waals surface area contributed by atoms with Gasteiger partial charge in [0.05, 0.1) is 12.6 Å². The predicted molar refractivity (Wildman–Crippen MR) is 124 cm³/mol. The first-order valence-corrected chi connectivity index (χ1v) is 11.1. The van der Waals surface area contributed by atoms with E-state index in [0.717, 1.165) is 5.56 Å². The minimum absolute atomic E-state index is 0.0674. The van der Waals surface area contributed by atoms with E-state index < -0.39 is 29.1 Å². The number of halogens is 1. The zero-order valence-electron chi connectivity index (χ0n) is 19.1. The fraction of sp³-hybridized carbons (Fsp3) is 0.292. The third-order valence-electron chi connectivity index (χ3n) is 5.87. The van der Waals surface area contributed by atoms with Crippen LogP contribution in [-0.2, 0) is 24.4 Å². The molecule has 182 valence electrons. The molecule has 10 nitrogen and oxygen atoms in total. The molecule has 3 N–H and O–H groups in total. The number of nitrogens with one attached hydrogen (secondary N) is 2. The van der Waals surface area contributed by atoms with E-state index in [-0.39, 0.29) is 37.1 Å². The number of hydrogen-bond donors (Lipinski definition) is 3. The number of hydrogen-bond acceptors (Lipinski definition) is 7. The lowest BCUT2D eigenvalue weighted by Crippen LogP contribution is -2.47. The summed E-state index contributed by atoms with van der Waals surface area (Å²) in [5.41, 5.74) is 0.464.